The highest BCUT2D eigenvalue weighted by Gasteiger charge is 2.30. The van der Waals surface area contributed by atoms with Crippen molar-refractivity contribution in [1.29, 1.82) is 0 Å². The maximum absolute atomic E-state index is 11.6. The van der Waals surface area contributed by atoms with Gasteiger partial charge < -0.3 is 15.2 Å². The van der Waals surface area contributed by atoms with Gasteiger partial charge in [0.1, 0.15) is 10.3 Å². The maximum Gasteiger partial charge on any atom is 0.267 e. The average molecular weight is 327 g/mol. The topological polar surface area (TPSA) is 61.0 Å². The Bertz CT molecular complexity index is 498. The Balaban J connectivity index is 1.77. The molecule has 0 amide bonds. The first kappa shape index (κ1) is 13.1. The minimum absolute atomic E-state index is 0.105. The molecule has 0 saturated carbocycles. The minimum Gasteiger partial charge on any atom is -0.355 e. The number of hydrogen-bond donors (Lipinski definition) is 2. The van der Waals surface area contributed by atoms with Crippen molar-refractivity contribution >= 4 is 21.7 Å². The highest BCUT2D eigenvalue weighted by Crippen LogP contribution is 2.29. The van der Waals surface area contributed by atoms with Crippen molar-refractivity contribution in [2.75, 3.05) is 24.5 Å². The largest absolute Gasteiger partial charge is 0.355 e. The second-order valence-corrected chi connectivity index (χ2v) is 6.21. The number of nitrogens with zero attached hydrogens (tertiary/aromatic N) is 2. The fourth-order valence-corrected chi connectivity index (χ4v) is 3.71. The third-order valence-corrected chi connectivity index (χ3v) is 4.92. The summed E-state index contributed by atoms with van der Waals surface area (Å²) in [6.07, 6.45) is 6.50. The summed E-state index contributed by atoms with van der Waals surface area (Å²) in [6, 6.07) is 0.642. The number of rotatable bonds is 2. The highest BCUT2D eigenvalue weighted by atomic mass is 79.9. The van der Waals surface area contributed by atoms with Gasteiger partial charge in [0.05, 0.1) is 6.33 Å². The Hall–Kier alpha value is -0.880. The lowest BCUT2D eigenvalue weighted by atomic mass is 9.90. The molecule has 1 aromatic rings. The quantitative estimate of drug-likeness (QED) is 0.864. The summed E-state index contributed by atoms with van der Waals surface area (Å²) in [5.74, 6) is 1.45. The molecule has 0 bridgehead atoms. The zero-order valence-corrected chi connectivity index (χ0v) is 12.4. The molecular weight excluding hydrogens is 308 g/mol. The molecule has 2 N–H and O–H groups in total. The fraction of sp³-hybridized carbons (Fsp3) is 0.692. The molecule has 1 aromatic heterocycles. The fourth-order valence-electron chi connectivity index (χ4n) is 3.24. The van der Waals surface area contributed by atoms with E-state index in [1.807, 2.05) is 0 Å². The molecule has 2 aliphatic rings. The molecule has 2 atom stereocenters. The van der Waals surface area contributed by atoms with Crippen molar-refractivity contribution in [3.05, 3.63) is 21.2 Å². The number of aromatic amines is 1. The minimum atomic E-state index is -0.105. The summed E-state index contributed by atoms with van der Waals surface area (Å²) >= 11 is 3.36. The number of H-pyrrole nitrogens is 1. The Morgan fingerprint density at radius 2 is 2.26 bits per heavy atom. The highest BCUT2D eigenvalue weighted by molar-refractivity contribution is 9.10. The van der Waals surface area contributed by atoms with Gasteiger partial charge >= 0.3 is 0 Å². The molecule has 5 nitrogen and oxygen atoms in total. The molecule has 0 radical (unpaired) electrons. The van der Waals surface area contributed by atoms with Crippen molar-refractivity contribution in [3.63, 3.8) is 0 Å². The van der Waals surface area contributed by atoms with Crippen LogP contribution in [0.25, 0.3) is 0 Å². The third kappa shape index (κ3) is 2.69. The lowest BCUT2D eigenvalue weighted by Gasteiger charge is -2.36. The summed E-state index contributed by atoms with van der Waals surface area (Å²) in [6.45, 7) is 3.12. The molecule has 0 spiro atoms. The van der Waals surface area contributed by atoms with Gasteiger partial charge in [0.15, 0.2) is 0 Å². The summed E-state index contributed by atoms with van der Waals surface area (Å²) < 4.78 is 0.551. The van der Waals surface area contributed by atoms with E-state index in [1.54, 1.807) is 0 Å². The number of piperidine rings is 1. The van der Waals surface area contributed by atoms with E-state index in [0.29, 0.717) is 16.4 Å². The van der Waals surface area contributed by atoms with E-state index in [2.05, 4.69) is 36.1 Å². The zero-order valence-electron chi connectivity index (χ0n) is 10.9. The molecule has 0 aromatic carbocycles. The molecule has 6 heteroatoms. The van der Waals surface area contributed by atoms with Crippen LogP contribution in [0, 0.1) is 5.92 Å². The van der Waals surface area contributed by atoms with Crippen LogP contribution in [-0.2, 0) is 0 Å². The van der Waals surface area contributed by atoms with E-state index in [-0.39, 0.29) is 5.56 Å². The van der Waals surface area contributed by atoms with E-state index in [0.717, 1.165) is 25.5 Å². The Morgan fingerprint density at radius 3 is 3.05 bits per heavy atom. The SMILES string of the molecule is O=c1[nH]cnc(N2CCCC(C3CCCN3)C2)c1Br. The first-order chi connectivity index (χ1) is 9.25. The van der Waals surface area contributed by atoms with Gasteiger partial charge in [0, 0.05) is 19.1 Å². The normalized spacial score (nSPS) is 27.7. The first-order valence-corrected chi connectivity index (χ1v) is 7.76. The van der Waals surface area contributed by atoms with Crippen molar-refractivity contribution in [1.82, 2.24) is 15.3 Å². The molecule has 2 aliphatic heterocycles. The molecule has 3 rings (SSSR count). The third-order valence-electron chi connectivity index (χ3n) is 4.20. The van der Waals surface area contributed by atoms with Crippen LogP contribution in [0.3, 0.4) is 0 Å². The van der Waals surface area contributed by atoms with E-state index in [9.17, 15) is 4.79 Å². The molecule has 104 valence electrons. The van der Waals surface area contributed by atoms with Gasteiger partial charge in [-0.3, -0.25) is 4.79 Å². The summed E-state index contributed by atoms with van der Waals surface area (Å²) in [7, 11) is 0. The monoisotopic (exact) mass is 326 g/mol. The standard InChI is InChI=1S/C13H19BrN4O/c14-11-12(16-8-17-13(11)19)18-6-2-3-9(7-18)10-4-1-5-15-10/h8-10,15H,1-7H2,(H,16,17,19). The van der Waals surface area contributed by atoms with Gasteiger partial charge in [-0.05, 0) is 54.1 Å². The molecule has 19 heavy (non-hydrogen) atoms. The predicted molar refractivity (Wildman–Crippen MR) is 78.5 cm³/mol. The van der Waals surface area contributed by atoms with Gasteiger partial charge in [0.25, 0.3) is 5.56 Å². The van der Waals surface area contributed by atoms with Crippen molar-refractivity contribution < 1.29 is 0 Å². The van der Waals surface area contributed by atoms with E-state index >= 15 is 0 Å². The van der Waals surface area contributed by atoms with E-state index in [1.165, 1.54) is 32.0 Å². The van der Waals surface area contributed by atoms with Crippen molar-refractivity contribution in [2.45, 2.75) is 31.7 Å². The predicted octanol–water partition coefficient (Wildman–Crippen LogP) is 1.50. The number of aromatic nitrogens is 2. The Labute approximate surface area is 120 Å². The van der Waals surface area contributed by atoms with Crippen molar-refractivity contribution in [2.24, 2.45) is 5.92 Å². The lowest BCUT2D eigenvalue weighted by Crippen LogP contribution is -2.44. The number of hydrogen-bond acceptors (Lipinski definition) is 4. The first-order valence-electron chi connectivity index (χ1n) is 6.97. The second kappa shape index (κ2) is 5.63. The van der Waals surface area contributed by atoms with Crippen LogP contribution in [0.1, 0.15) is 25.7 Å². The Kier molecular flexibility index (Phi) is 3.88. The van der Waals surface area contributed by atoms with Gasteiger partial charge in [0.2, 0.25) is 0 Å². The van der Waals surface area contributed by atoms with Crippen LogP contribution in [0.5, 0.6) is 0 Å². The smallest absolute Gasteiger partial charge is 0.267 e. The molecule has 2 fully saturated rings. The zero-order chi connectivity index (χ0) is 13.2. The van der Waals surface area contributed by atoms with Gasteiger partial charge in [-0.25, -0.2) is 4.98 Å². The second-order valence-electron chi connectivity index (χ2n) is 5.42. The summed E-state index contributed by atoms with van der Waals surface area (Å²) in [5.41, 5.74) is -0.105. The van der Waals surface area contributed by atoms with Gasteiger partial charge in [-0.2, -0.15) is 0 Å². The molecular formula is C13H19BrN4O. The van der Waals surface area contributed by atoms with Crippen LogP contribution in [0.15, 0.2) is 15.6 Å². The van der Waals surface area contributed by atoms with Gasteiger partial charge in [-0.15, -0.1) is 0 Å². The molecule has 2 saturated heterocycles. The van der Waals surface area contributed by atoms with Crippen molar-refractivity contribution in [3.8, 4) is 0 Å². The van der Waals surface area contributed by atoms with E-state index in [4.69, 9.17) is 0 Å². The lowest BCUT2D eigenvalue weighted by molar-refractivity contribution is 0.327. The number of halogens is 1. The number of anilines is 1. The van der Waals surface area contributed by atoms with E-state index < -0.39 is 0 Å². The number of nitrogens with one attached hydrogen (secondary N) is 2. The van der Waals surface area contributed by atoms with Crippen LogP contribution >= 0.6 is 15.9 Å². The molecule has 0 aliphatic carbocycles. The van der Waals surface area contributed by atoms with Crippen LogP contribution in [0.4, 0.5) is 5.82 Å². The molecule has 2 unspecified atom stereocenters. The van der Waals surface area contributed by atoms with Crippen LogP contribution in [-0.4, -0.2) is 35.6 Å². The summed E-state index contributed by atoms with van der Waals surface area (Å²) in [5, 5.41) is 3.60. The Morgan fingerprint density at radius 1 is 1.37 bits per heavy atom. The molecule has 3 heterocycles. The van der Waals surface area contributed by atoms with Crippen LogP contribution in [0.2, 0.25) is 0 Å². The summed E-state index contributed by atoms with van der Waals surface area (Å²) in [4.78, 5) is 20.8. The van der Waals surface area contributed by atoms with Gasteiger partial charge in [-0.1, -0.05) is 0 Å². The van der Waals surface area contributed by atoms with Crippen LogP contribution < -0.4 is 15.8 Å². The average Bonchev–Trinajstić information content (AvgIpc) is 2.96. The maximum atomic E-state index is 11.6.